The van der Waals surface area contributed by atoms with Crippen LogP contribution >= 0.6 is 12.4 Å². The third kappa shape index (κ3) is 6.63. The van der Waals surface area contributed by atoms with Gasteiger partial charge in [-0.15, -0.1) is 12.4 Å². The third-order valence-corrected chi connectivity index (χ3v) is 6.61. The Labute approximate surface area is 170 Å². The van der Waals surface area contributed by atoms with Crippen molar-refractivity contribution in [2.45, 2.75) is 77.2 Å². The molecule has 2 aliphatic heterocycles. The molecule has 27 heavy (non-hydrogen) atoms. The average Bonchev–Trinajstić information content (AvgIpc) is 3.21. The zero-order valence-corrected chi connectivity index (χ0v) is 17.7. The Morgan fingerprint density at radius 3 is 2.48 bits per heavy atom. The second-order valence-electron chi connectivity index (χ2n) is 8.83. The molecule has 2 amide bonds. The van der Waals surface area contributed by atoms with Crippen LogP contribution in [0.15, 0.2) is 0 Å². The predicted molar refractivity (Wildman–Crippen MR) is 111 cm³/mol. The van der Waals surface area contributed by atoms with Crippen molar-refractivity contribution in [1.29, 1.82) is 0 Å². The number of rotatable bonds is 6. The number of halogens is 1. The first kappa shape index (κ1) is 22.5. The SMILES string of the molecule is CC(CC1CCCCC1)C(=O)N1CCCC(CNC(=O)C2CCCN2)C1.Cl. The second-order valence-corrected chi connectivity index (χ2v) is 8.83. The number of amides is 2. The van der Waals surface area contributed by atoms with Gasteiger partial charge in [-0.05, 0) is 50.5 Å². The Bertz CT molecular complexity index is 476. The molecule has 0 aromatic rings. The highest BCUT2D eigenvalue weighted by molar-refractivity contribution is 5.85. The molecular weight excluding hydrogens is 362 g/mol. The first-order valence-corrected chi connectivity index (χ1v) is 10.9. The summed E-state index contributed by atoms with van der Waals surface area (Å²) in [4.78, 5) is 27.1. The number of carbonyl (C=O) groups excluding carboxylic acids is 2. The number of carbonyl (C=O) groups is 2. The number of hydrogen-bond donors (Lipinski definition) is 2. The van der Waals surface area contributed by atoms with Gasteiger partial charge >= 0.3 is 0 Å². The van der Waals surface area contributed by atoms with Crippen LogP contribution in [0.3, 0.4) is 0 Å². The summed E-state index contributed by atoms with van der Waals surface area (Å²) in [6.07, 6.45) is 11.9. The molecule has 3 fully saturated rings. The summed E-state index contributed by atoms with van der Waals surface area (Å²) < 4.78 is 0. The van der Waals surface area contributed by atoms with E-state index in [2.05, 4.69) is 22.5 Å². The molecule has 0 aromatic carbocycles. The zero-order valence-electron chi connectivity index (χ0n) is 16.9. The molecule has 6 heteroatoms. The van der Waals surface area contributed by atoms with Gasteiger partial charge in [0.15, 0.2) is 0 Å². The monoisotopic (exact) mass is 399 g/mol. The van der Waals surface area contributed by atoms with E-state index in [1.165, 1.54) is 32.1 Å². The van der Waals surface area contributed by atoms with Gasteiger partial charge in [-0.2, -0.15) is 0 Å². The number of hydrogen-bond acceptors (Lipinski definition) is 3. The van der Waals surface area contributed by atoms with Crippen molar-refractivity contribution in [3.8, 4) is 0 Å². The lowest BCUT2D eigenvalue weighted by Gasteiger charge is -2.35. The lowest BCUT2D eigenvalue weighted by Crippen LogP contribution is -2.47. The van der Waals surface area contributed by atoms with Gasteiger partial charge in [0.25, 0.3) is 0 Å². The van der Waals surface area contributed by atoms with E-state index in [9.17, 15) is 9.59 Å². The average molecular weight is 400 g/mol. The minimum Gasteiger partial charge on any atom is -0.354 e. The summed E-state index contributed by atoms with van der Waals surface area (Å²) in [6, 6.07) is -0.00755. The van der Waals surface area contributed by atoms with Gasteiger partial charge in [0.2, 0.25) is 11.8 Å². The summed E-state index contributed by atoms with van der Waals surface area (Å²) in [5.41, 5.74) is 0. The van der Waals surface area contributed by atoms with Crippen LogP contribution in [0.4, 0.5) is 0 Å². The normalized spacial score (nSPS) is 27.7. The number of piperidine rings is 1. The van der Waals surface area contributed by atoms with Gasteiger partial charge in [0.1, 0.15) is 0 Å². The Hall–Kier alpha value is -0.810. The highest BCUT2D eigenvalue weighted by atomic mass is 35.5. The molecule has 3 rings (SSSR count). The van der Waals surface area contributed by atoms with E-state index in [0.29, 0.717) is 18.4 Å². The van der Waals surface area contributed by atoms with Crippen LogP contribution in [0.2, 0.25) is 0 Å². The molecule has 3 unspecified atom stereocenters. The van der Waals surface area contributed by atoms with Crippen molar-refractivity contribution in [3.05, 3.63) is 0 Å². The van der Waals surface area contributed by atoms with Crippen molar-refractivity contribution in [2.75, 3.05) is 26.2 Å². The van der Waals surface area contributed by atoms with Crippen LogP contribution in [-0.2, 0) is 9.59 Å². The highest BCUT2D eigenvalue weighted by Crippen LogP contribution is 2.30. The summed E-state index contributed by atoms with van der Waals surface area (Å²) in [5, 5.41) is 6.36. The Kier molecular flexibility index (Phi) is 9.37. The highest BCUT2D eigenvalue weighted by Gasteiger charge is 2.29. The largest absolute Gasteiger partial charge is 0.354 e. The van der Waals surface area contributed by atoms with E-state index in [1.807, 2.05) is 0 Å². The molecule has 156 valence electrons. The first-order valence-electron chi connectivity index (χ1n) is 10.9. The topological polar surface area (TPSA) is 61.4 Å². The van der Waals surface area contributed by atoms with Crippen molar-refractivity contribution in [2.24, 2.45) is 17.8 Å². The van der Waals surface area contributed by atoms with Gasteiger partial charge in [0, 0.05) is 25.6 Å². The van der Waals surface area contributed by atoms with Crippen molar-refractivity contribution in [1.82, 2.24) is 15.5 Å². The Balaban J connectivity index is 0.00000261. The Morgan fingerprint density at radius 1 is 1.04 bits per heavy atom. The molecule has 3 aliphatic rings. The van der Waals surface area contributed by atoms with E-state index >= 15 is 0 Å². The lowest BCUT2D eigenvalue weighted by molar-refractivity contribution is -0.137. The predicted octanol–water partition coefficient (Wildman–Crippen LogP) is 3.12. The van der Waals surface area contributed by atoms with E-state index in [-0.39, 0.29) is 30.3 Å². The van der Waals surface area contributed by atoms with Gasteiger partial charge in [-0.1, -0.05) is 39.0 Å². The summed E-state index contributed by atoms with van der Waals surface area (Å²) >= 11 is 0. The molecule has 2 N–H and O–H groups in total. The fraction of sp³-hybridized carbons (Fsp3) is 0.905. The molecule has 1 saturated carbocycles. The fourth-order valence-electron chi connectivity index (χ4n) is 5.04. The van der Waals surface area contributed by atoms with Gasteiger partial charge in [-0.25, -0.2) is 0 Å². The van der Waals surface area contributed by atoms with Gasteiger partial charge in [-0.3, -0.25) is 9.59 Å². The number of likely N-dealkylation sites (tertiary alicyclic amines) is 1. The van der Waals surface area contributed by atoms with Crippen LogP contribution in [-0.4, -0.2) is 48.9 Å². The fourth-order valence-corrected chi connectivity index (χ4v) is 5.04. The van der Waals surface area contributed by atoms with Crippen molar-refractivity contribution in [3.63, 3.8) is 0 Å². The van der Waals surface area contributed by atoms with Crippen LogP contribution < -0.4 is 10.6 Å². The van der Waals surface area contributed by atoms with E-state index in [0.717, 1.165) is 57.7 Å². The molecule has 2 heterocycles. The standard InChI is InChI=1S/C21H37N3O2.ClH/c1-16(13-17-7-3-2-4-8-17)21(26)24-12-6-9-18(15-24)14-23-20(25)19-10-5-11-22-19;/h16-19,22H,2-15H2,1H3,(H,23,25);1H. The summed E-state index contributed by atoms with van der Waals surface area (Å²) in [5.74, 6) is 1.77. The smallest absolute Gasteiger partial charge is 0.237 e. The van der Waals surface area contributed by atoms with E-state index in [4.69, 9.17) is 0 Å². The second kappa shape index (κ2) is 11.3. The molecule has 5 nitrogen and oxygen atoms in total. The zero-order chi connectivity index (χ0) is 18.4. The van der Waals surface area contributed by atoms with Crippen molar-refractivity contribution >= 4 is 24.2 Å². The van der Waals surface area contributed by atoms with Crippen LogP contribution in [0.25, 0.3) is 0 Å². The number of nitrogens with zero attached hydrogens (tertiary/aromatic N) is 1. The summed E-state index contributed by atoms with van der Waals surface area (Å²) in [7, 11) is 0. The van der Waals surface area contributed by atoms with Gasteiger partial charge in [0.05, 0.1) is 6.04 Å². The lowest BCUT2D eigenvalue weighted by atomic mass is 9.82. The minimum absolute atomic E-state index is 0. The first-order chi connectivity index (χ1) is 12.6. The quantitative estimate of drug-likeness (QED) is 0.721. The van der Waals surface area contributed by atoms with Gasteiger partial charge < -0.3 is 15.5 Å². The molecule has 0 spiro atoms. The van der Waals surface area contributed by atoms with Crippen molar-refractivity contribution < 1.29 is 9.59 Å². The molecule has 1 aliphatic carbocycles. The van der Waals surface area contributed by atoms with E-state index in [1.54, 1.807) is 0 Å². The maximum Gasteiger partial charge on any atom is 0.237 e. The molecule has 2 saturated heterocycles. The maximum atomic E-state index is 12.9. The molecule has 3 atom stereocenters. The van der Waals surface area contributed by atoms with Crippen LogP contribution in [0.1, 0.15) is 71.1 Å². The molecule has 0 radical (unpaired) electrons. The number of nitrogens with one attached hydrogen (secondary N) is 2. The molecular formula is C21H38ClN3O2. The van der Waals surface area contributed by atoms with Crippen LogP contribution in [0, 0.1) is 17.8 Å². The minimum atomic E-state index is -0.00755. The summed E-state index contributed by atoms with van der Waals surface area (Å²) in [6.45, 7) is 5.48. The Morgan fingerprint density at radius 2 is 1.78 bits per heavy atom. The maximum absolute atomic E-state index is 12.9. The van der Waals surface area contributed by atoms with Crippen LogP contribution in [0.5, 0.6) is 0 Å². The molecule has 0 bridgehead atoms. The molecule has 0 aromatic heterocycles. The van der Waals surface area contributed by atoms with E-state index < -0.39 is 0 Å². The third-order valence-electron chi connectivity index (χ3n) is 6.61.